The molecule has 0 bridgehead atoms. The second-order valence-corrected chi connectivity index (χ2v) is 6.50. The van der Waals surface area contributed by atoms with E-state index in [0.29, 0.717) is 19.4 Å². The van der Waals surface area contributed by atoms with Gasteiger partial charge in [0.1, 0.15) is 0 Å². The van der Waals surface area contributed by atoms with E-state index in [2.05, 4.69) is 0 Å². The van der Waals surface area contributed by atoms with Crippen molar-refractivity contribution in [2.24, 2.45) is 0 Å². The van der Waals surface area contributed by atoms with Crippen LogP contribution >= 0.6 is 0 Å². The Kier molecular flexibility index (Phi) is 4.29. The van der Waals surface area contributed by atoms with Gasteiger partial charge >= 0.3 is 6.09 Å². The second kappa shape index (κ2) is 5.80. The zero-order chi connectivity index (χ0) is 14.8. The number of carbonyl (C=O) groups is 1. The molecule has 1 N–H and O–H groups in total. The van der Waals surface area contributed by atoms with E-state index < -0.39 is 16.2 Å². The molecular formula is C13H17NO5S. The summed E-state index contributed by atoms with van der Waals surface area (Å²) in [5.41, 5.74) is 2.10. The average molecular weight is 299 g/mol. The van der Waals surface area contributed by atoms with Gasteiger partial charge in [0, 0.05) is 12.6 Å². The monoisotopic (exact) mass is 299 g/mol. The molecule has 1 heterocycles. The minimum atomic E-state index is -3.49. The maximum absolute atomic E-state index is 11.3. The van der Waals surface area contributed by atoms with Crippen molar-refractivity contribution in [1.82, 2.24) is 4.90 Å². The topological polar surface area (TPSA) is 83.9 Å². The van der Waals surface area contributed by atoms with Crippen LogP contribution in [0, 0.1) is 0 Å². The third kappa shape index (κ3) is 3.71. The summed E-state index contributed by atoms with van der Waals surface area (Å²) >= 11 is 0. The summed E-state index contributed by atoms with van der Waals surface area (Å²) in [6.07, 6.45) is 0.922. The van der Waals surface area contributed by atoms with Crippen LogP contribution in [-0.4, -0.2) is 43.4 Å². The minimum Gasteiger partial charge on any atom is -0.465 e. The lowest BCUT2D eigenvalue weighted by molar-refractivity contribution is 0.106. The molecule has 110 valence electrons. The van der Waals surface area contributed by atoms with Crippen LogP contribution in [0.1, 0.15) is 17.5 Å². The molecule has 0 unspecified atom stereocenters. The molecule has 20 heavy (non-hydrogen) atoms. The van der Waals surface area contributed by atoms with E-state index in [0.717, 1.165) is 17.4 Å². The van der Waals surface area contributed by atoms with Crippen LogP contribution in [0.3, 0.4) is 0 Å². The first-order chi connectivity index (χ1) is 9.37. The second-order valence-electron chi connectivity index (χ2n) is 4.85. The average Bonchev–Trinajstić information content (AvgIpc) is 2.36. The van der Waals surface area contributed by atoms with Crippen LogP contribution in [0.4, 0.5) is 4.79 Å². The molecule has 0 saturated carbocycles. The van der Waals surface area contributed by atoms with E-state index in [-0.39, 0.29) is 12.6 Å². The fraction of sp³-hybridized carbons (Fsp3) is 0.462. The van der Waals surface area contributed by atoms with Gasteiger partial charge in [-0.2, -0.15) is 8.42 Å². The highest BCUT2D eigenvalue weighted by Gasteiger charge is 2.29. The maximum Gasteiger partial charge on any atom is 0.407 e. The Balaban J connectivity index is 2.08. The van der Waals surface area contributed by atoms with E-state index in [1.54, 1.807) is 0 Å². The zero-order valence-electron chi connectivity index (χ0n) is 11.2. The third-order valence-corrected chi connectivity index (χ3v) is 3.94. The molecule has 1 amide bonds. The van der Waals surface area contributed by atoms with Gasteiger partial charge in [0.2, 0.25) is 0 Å². The Labute approximate surface area is 118 Å². The number of benzene rings is 1. The van der Waals surface area contributed by atoms with Gasteiger partial charge in [-0.15, -0.1) is 0 Å². The number of nitrogens with zero attached hydrogens (tertiary/aromatic N) is 1. The SMILES string of the molecule is CS(=O)(=O)OCC[C@@H]1Cc2ccccc2CN1C(=O)O. The smallest absolute Gasteiger partial charge is 0.407 e. The van der Waals surface area contributed by atoms with Crippen molar-refractivity contribution in [3.63, 3.8) is 0 Å². The first kappa shape index (κ1) is 14.8. The largest absolute Gasteiger partial charge is 0.465 e. The van der Waals surface area contributed by atoms with Crippen LogP contribution in [0.5, 0.6) is 0 Å². The van der Waals surface area contributed by atoms with E-state index in [1.165, 1.54) is 4.90 Å². The van der Waals surface area contributed by atoms with Crippen LogP contribution in [0.2, 0.25) is 0 Å². The van der Waals surface area contributed by atoms with Crippen molar-refractivity contribution >= 4 is 16.2 Å². The highest BCUT2D eigenvalue weighted by atomic mass is 32.2. The van der Waals surface area contributed by atoms with Gasteiger partial charge in [0.05, 0.1) is 12.9 Å². The summed E-state index contributed by atoms with van der Waals surface area (Å²) in [7, 11) is -3.49. The molecule has 0 radical (unpaired) electrons. The molecule has 1 aromatic rings. The Morgan fingerprint density at radius 1 is 1.40 bits per heavy atom. The highest BCUT2D eigenvalue weighted by Crippen LogP contribution is 2.25. The van der Waals surface area contributed by atoms with Crippen molar-refractivity contribution in [3.8, 4) is 0 Å². The molecule has 1 aromatic carbocycles. The van der Waals surface area contributed by atoms with Crippen molar-refractivity contribution < 1.29 is 22.5 Å². The number of carboxylic acid groups (broad SMARTS) is 1. The number of amides is 1. The Morgan fingerprint density at radius 3 is 2.65 bits per heavy atom. The summed E-state index contributed by atoms with van der Waals surface area (Å²) < 4.78 is 26.6. The van der Waals surface area contributed by atoms with E-state index in [9.17, 15) is 18.3 Å². The Hall–Kier alpha value is -1.60. The first-order valence-corrected chi connectivity index (χ1v) is 8.09. The molecule has 2 rings (SSSR count). The molecule has 6 nitrogen and oxygen atoms in total. The molecule has 0 fully saturated rings. The number of rotatable bonds is 4. The van der Waals surface area contributed by atoms with Crippen LogP contribution in [-0.2, 0) is 27.3 Å². The van der Waals surface area contributed by atoms with E-state index in [1.807, 2.05) is 24.3 Å². The van der Waals surface area contributed by atoms with Crippen LogP contribution in [0.15, 0.2) is 24.3 Å². The zero-order valence-corrected chi connectivity index (χ0v) is 12.0. The molecule has 1 atom stereocenters. The number of hydrogen-bond acceptors (Lipinski definition) is 4. The summed E-state index contributed by atoms with van der Waals surface area (Å²) in [5, 5.41) is 9.26. The predicted molar refractivity (Wildman–Crippen MR) is 72.9 cm³/mol. The van der Waals surface area contributed by atoms with Crippen LogP contribution < -0.4 is 0 Å². The van der Waals surface area contributed by atoms with Crippen molar-refractivity contribution in [2.45, 2.75) is 25.4 Å². The van der Waals surface area contributed by atoms with Gasteiger partial charge in [0.25, 0.3) is 10.1 Å². The van der Waals surface area contributed by atoms with E-state index >= 15 is 0 Å². The normalized spacial score (nSPS) is 18.6. The fourth-order valence-corrected chi connectivity index (χ4v) is 2.80. The summed E-state index contributed by atoms with van der Waals surface area (Å²) in [6.45, 7) is 0.324. The van der Waals surface area contributed by atoms with Crippen molar-refractivity contribution in [1.29, 1.82) is 0 Å². The maximum atomic E-state index is 11.3. The Bertz CT molecular complexity index is 599. The van der Waals surface area contributed by atoms with Gasteiger partial charge in [-0.3, -0.25) is 4.18 Å². The molecule has 1 aliphatic heterocycles. The minimum absolute atomic E-state index is 0.00452. The van der Waals surface area contributed by atoms with Gasteiger partial charge in [-0.1, -0.05) is 24.3 Å². The lowest BCUT2D eigenvalue weighted by Gasteiger charge is -2.34. The summed E-state index contributed by atoms with van der Waals surface area (Å²) in [5.74, 6) is 0. The molecule has 0 aliphatic carbocycles. The third-order valence-electron chi connectivity index (χ3n) is 3.35. The predicted octanol–water partition coefficient (Wildman–Crippen LogP) is 1.46. The summed E-state index contributed by atoms with van der Waals surface area (Å²) in [4.78, 5) is 12.6. The number of fused-ring (bicyclic) bond motifs is 1. The Morgan fingerprint density at radius 2 is 2.05 bits per heavy atom. The molecule has 7 heteroatoms. The van der Waals surface area contributed by atoms with Gasteiger partial charge in [0.15, 0.2) is 0 Å². The molecule has 0 spiro atoms. The molecule has 1 aliphatic rings. The van der Waals surface area contributed by atoms with Crippen LogP contribution in [0.25, 0.3) is 0 Å². The summed E-state index contributed by atoms with van der Waals surface area (Å²) in [6, 6.07) is 7.42. The molecule has 0 aromatic heterocycles. The van der Waals surface area contributed by atoms with Gasteiger partial charge in [-0.05, 0) is 24.0 Å². The van der Waals surface area contributed by atoms with Crippen molar-refractivity contribution in [3.05, 3.63) is 35.4 Å². The van der Waals surface area contributed by atoms with Gasteiger partial charge < -0.3 is 10.0 Å². The fourth-order valence-electron chi connectivity index (χ4n) is 2.40. The van der Waals surface area contributed by atoms with E-state index in [4.69, 9.17) is 4.18 Å². The van der Waals surface area contributed by atoms with Crippen molar-refractivity contribution in [2.75, 3.05) is 12.9 Å². The lowest BCUT2D eigenvalue weighted by Crippen LogP contribution is -2.44. The quantitative estimate of drug-likeness (QED) is 0.851. The highest BCUT2D eigenvalue weighted by molar-refractivity contribution is 7.85. The van der Waals surface area contributed by atoms with Gasteiger partial charge in [-0.25, -0.2) is 4.79 Å². The lowest BCUT2D eigenvalue weighted by atomic mass is 9.93. The molecular weight excluding hydrogens is 282 g/mol. The number of hydrogen-bond donors (Lipinski definition) is 1. The standard InChI is InChI=1S/C13H17NO5S/c1-20(17,18)19-7-6-12-8-10-4-2-3-5-11(10)9-14(12)13(15)16/h2-5,12H,6-9H2,1H3,(H,15,16)/t12-/m1/s1. The molecule has 0 saturated heterocycles. The first-order valence-electron chi connectivity index (χ1n) is 6.27.